The Morgan fingerprint density at radius 2 is 2.12 bits per heavy atom. The highest BCUT2D eigenvalue weighted by Gasteiger charge is 2.09. The minimum atomic E-state index is -0.608. The maximum atomic E-state index is 13.6. The first kappa shape index (κ1) is 15.9. The number of hydrogen-bond acceptors (Lipinski definition) is 3. The predicted octanol–water partition coefficient (Wildman–Crippen LogP) is 3.76. The Morgan fingerprint density at radius 1 is 1.25 bits per heavy atom. The highest BCUT2D eigenvalue weighted by Crippen LogP contribution is 2.19. The van der Waals surface area contributed by atoms with Gasteiger partial charge in [0.25, 0.3) is 0 Å². The van der Waals surface area contributed by atoms with Crippen LogP contribution in [0.3, 0.4) is 0 Å². The molecule has 2 N–H and O–H groups in total. The third-order valence-electron chi connectivity index (χ3n) is 3.12. The summed E-state index contributed by atoms with van der Waals surface area (Å²) in [6.07, 6.45) is 4.86. The summed E-state index contributed by atoms with van der Waals surface area (Å²) in [5, 5.41) is 9.40. The average Bonchev–Trinajstić information content (AvgIpc) is 2.98. The molecule has 0 unspecified atom stereocenters. The van der Waals surface area contributed by atoms with Crippen molar-refractivity contribution in [2.45, 2.75) is 6.54 Å². The van der Waals surface area contributed by atoms with Gasteiger partial charge in [0, 0.05) is 17.4 Å². The molecule has 2 heterocycles. The Hall–Kier alpha value is -2.93. The van der Waals surface area contributed by atoms with Crippen molar-refractivity contribution in [3.63, 3.8) is 0 Å². The summed E-state index contributed by atoms with van der Waals surface area (Å²) in [4.78, 5) is 16.1. The van der Waals surface area contributed by atoms with Gasteiger partial charge >= 0.3 is 6.03 Å². The van der Waals surface area contributed by atoms with E-state index in [2.05, 4.69) is 20.7 Å². The molecular weight excluding hydrogens is 333 g/mol. The molecule has 0 bridgehead atoms. The summed E-state index contributed by atoms with van der Waals surface area (Å²) in [5.74, 6) is -0.608. The zero-order valence-electron chi connectivity index (χ0n) is 12.4. The van der Waals surface area contributed by atoms with Crippen molar-refractivity contribution in [2.24, 2.45) is 0 Å². The van der Waals surface area contributed by atoms with Crippen LogP contribution < -0.4 is 10.6 Å². The standard InChI is InChI=1S/C16H13ClFN5O/c17-11-4-5-15(14(18)7-11)22-16(24)21-13-8-20-23(10-13)9-12-3-1-2-6-19-12/h1-8,10H,9H2,(H2,21,22,24). The lowest BCUT2D eigenvalue weighted by Crippen LogP contribution is -2.19. The first-order valence-corrected chi connectivity index (χ1v) is 7.43. The van der Waals surface area contributed by atoms with Crippen LogP contribution in [0, 0.1) is 5.82 Å². The molecule has 0 aliphatic carbocycles. The van der Waals surface area contributed by atoms with Gasteiger partial charge in [-0.05, 0) is 30.3 Å². The fourth-order valence-corrected chi connectivity index (χ4v) is 2.21. The van der Waals surface area contributed by atoms with Crippen molar-refractivity contribution >= 4 is 29.0 Å². The quantitative estimate of drug-likeness (QED) is 0.756. The number of nitrogens with zero attached hydrogens (tertiary/aromatic N) is 3. The Bertz CT molecular complexity index is 853. The molecule has 0 radical (unpaired) electrons. The van der Waals surface area contributed by atoms with Gasteiger partial charge in [0.1, 0.15) is 5.82 Å². The van der Waals surface area contributed by atoms with Crippen LogP contribution >= 0.6 is 11.6 Å². The maximum absolute atomic E-state index is 13.6. The lowest BCUT2D eigenvalue weighted by Gasteiger charge is -2.07. The van der Waals surface area contributed by atoms with Crippen molar-refractivity contribution in [3.8, 4) is 0 Å². The first-order valence-electron chi connectivity index (χ1n) is 7.05. The van der Waals surface area contributed by atoms with Crippen molar-refractivity contribution in [2.75, 3.05) is 10.6 Å². The van der Waals surface area contributed by atoms with E-state index in [1.807, 2.05) is 18.2 Å². The lowest BCUT2D eigenvalue weighted by atomic mass is 10.3. The number of benzene rings is 1. The number of hydrogen-bond donors (Lipinski definition) is 2. The number of amides is 2. The van der Waals surface area contributed by atoms with E-state index < -0.39 is 11.8 Å². The van der Waals surface area contributed by atoms with Gasteiger partial charge < -0.3 is 10.6 Å². The van der Waals surface area contributed by atoms with E-state index in [0.29, 0.717) is 12.2 Å². The minimum Gasteiger partial charge on any atom is -0.305 e. The molecule has 0 fully saturated rings. The second-order valence-corrected chi connectivity index (χ2v) is 5.39. The number of halogens is 2. The van der Waals surface area contributed by atoms with Crippen LogP contribution in [-0.4, -0.2) is 20.8 Å². The fraction of sp³-hybridized carbons (Fsp3) is 0.0625. The van der Waals surface area contributed by atoms with Crippen molar-refractivity contribution in [1.29, 1.82) is 0 Å². The predicted molar refractivity (Wildman–Crippen MR) is 89.6 cm³/mol. The zero-order chi connectivity index (χ0) is 16.9. The van der Waals surface area contributed by atoms with E-state index in [4.69, 9.17) is 11.6 Å². The van der Waals surface area contributed by atoms with Crippen LogP contribution in [0.5, 0.6) is 0 Å². The van der Waals surface area contributed by atoms with Gasteiger partial charge in [-0.25, -0.2) is 9.18 Å². The van der Waals surface area contributed by atoms with Crippen LogP contribution in [0.15, 0.2) is 55.0 Å². The molecule has 3 rings (SSSR count). The smallest absolute Gasteiger partial charge is 0.305 e. The summed E-state index contributed by atoms with van der Waals surface area (Å²) in [6.45, 7) is 0.482. The lowest BCUT2D eigenvalue weighted by molar-refractivity contribution is 0.262. The molecule has 122 valence electrons. The van der Waals surface area contributed by atoms with Gasteiger partial charge in [-0.15, -0.1) is 0 Å². The van der Waals surface area contributed by atoms with Gasteiger partial charge in [0.15, 0.2) is 0 Å². The van der Waals surface area contributed by atoms with E-state index in [1.165, 1.54) is 18.3 Å². The highest BCUT2D eigenvalue weighted by atomic mass is 35.5. The van der Waals surface area contributed by atoms with E-state index in [9.17, 15) is 9.18 Å². The molecule has 0 saturated carbocycles. The number of pyridine rings is 1. The first-order chi connectivity index (χ1) is 11.6. The number of carbonyl (C=O) groups is 1. The Balaban J connectivity index is 1.61. The number of anilines is 2. The summed E-state index contributed by atoms with van der Waals surface area (Å²) in [6, 6.07) is 9.03. The molecule has 0 aliphatic heterocycles. The maximum Gasteiger partial charge on any atom is 0.323 e. The van der Waals surface area contributed by atoms with Gasteiger partial charge in [0.2, 0.25) is 0 Å². The Morgan fingerprint density at radius 3 is 2.88 bits per heavy atom. The fourth-order valence-electron chi connectivity index (χ4n) is 2.05. The SMILES string of the molecule is O=C(Nc1cnn(Cc2ccccn2)c1)Nc1ccc(Cl)cc1F. The molecule has 3 aromatic rings. The second kappa shape index (κ2) is 7.10. The van der Waals surface area contributed by atoms with Crippen LogP contribution in [0.4, 0.5) is 20.6 Å². The van der Waals surface area contributed by atoms with E-state index >= 15 is 0 Å². The number of rotatable bonds is 4. The zero-order valence-corrected chi connectivity index (χ0v) is 13.2. The normalized spacial score (nSPS) is 10.4. The largest absolute Gasteiger partial charge is 0.323 e. The van der Waals surface area contributed by atoms with E-state index in [0.717, 1.165) is 11.8 Å². The van der Waals surface area contributed by atoms with Gasteiger partial charge in [-0.2, -0.15) is 5.10 Å². The topological polar surface area (TPSA) is 71.8 Å². The number of nitrogens with one attached hydrogen (secondary N) is 2. The minimum absolute atomic E-state index is 0.0396. The van der Waals surface area contributed by atoms with Crippen LogP contribution in [0.2, 0.25) is 5.02 Å². The second-order valence-electron chi connectivity index (χ2n) is 4.95. The summed E-state index contributed by atoms with van der Waals surface area (Å²) >= 11 is 5.67. The number of aromatic nitrogens is 3. The molecule has 24 heavy (non-hydrogen) atoms. The molecule has 2 amide bonds. The third kappa shape index (κ3) is 4.08. The third-order valence-corrected chi connectivity index (χ3v) is 3.36. The molecule has 8 heteroatoms. The summed E-state index contributed by atoms with van der Waals surface area (Å²) < 4.78 is 15.3. The summed E-state index contributed by atoms with van der Waals surface area (Å²) in [7, 11) is 0. The van der Waals surface area contributed by atoms with Crippen molar-refractivity contribution in [1.82, 2.24) is 14.8 Å². The Labute approximate surface area is 142 Å². The highest BCUT2D eigenvalue weighted by molar-refractivity contribution is 6.30. The molecule has 6 nitrogen and oxygen atoms in total. The van der Waals surface area contributed by atoms with Crippen LogP contribution in [-0.2, 0) is 6.54 Å². The molecule has 0 atom stereocenters. The molecule has 0 aliphatic rings. The van der Waals surface area contributed by atoms with Crippen LogP contribution in [0.25, 0.3) is 0 Å². The Kier molecular flexibility index (Phi) is 4.72. The average molecular weight is 346 g/mol. The van der Waals surface area contributed by atoms with Gasteiger partial charge in [-0.1, -0.05) is 17.7 Å². The number of carbonyl (C=O) groups excluding carboxylic acids is 1. The molecular formula is C16H13ClFN5O. The van der Waals surface area contributed by atoms with Crippen LogP contribution in [0.1, 0.15) is 5.69 Å². The summed E-state index contributed by atoms with van der Waals surface area (Å²) in [5.41, 5.74) is 1.37. The van der Waals surface area contributed by atoms with E-state index in [1.54, 1.807) is 17.1 Å². The molecule has 2 aromatic heterocycles. The van der Waals surface area contributed by atoms with Crippen molar-refractivity contribution in [3.05, 3.63) is 71.5 Å². The molecule has 0 spiro atoms. The molecule has 1 aromatic carbocycles. The monoisotopic (exact) mass is 345 g/mol. The number of urea groups is 1. The van der Waals surface area contributed by atoms with Gasteiger partial charge in [0.05, 0.1) is 29.8 Å². The van der Waals surface area contributed by atoms with Gasteiger partial charge in [-0.3, -0.25) is 9.67 Å². The van der Waals surface area contributed by atoms with E-state index in [-0.39, 0.29) is 10.7 Å². The van der Waals surface area contributed by atoms with Crippen molar-refractivity contribution < 1.29 is 9.18 Å². The molecule has 0 saturated heterocycles.